The average molecular weight is 168 g/mol. The van der Waals surface area contributed by atoms with Crippen molar-refractivity contribution in [2.45, 2.75) is 59.8 Å². The van der Waals surface area contributed by atoms with Crippen LogP contribution < -0.4 is 0 Å². The summed E-state index contributed by atoms with van der Waals surface area (Å²) >= 11 is 0. The van der Waals surface area contributed by atoms with Crippen LogP contribution in [0.1, 0.15) is 59.8 Å². The van der Waals surface area contributed by atoms with E-state index in [4.69, 9.17) is 0 Å². The van der Waals surface area contributed by atoms with Gasteiger partial charge in [-0.15, -0.1) is 0 Å². The maximum atomic E-state index is 2.44. The second-order valence-electron chi connectivity index (χ2n) is 5.55. The van der Waals surface area contributed by atoms with E-state index in [9.17, 15) is 0 Å². The lowest BCUT2D eigenvalue weighted by Crippen LogP contribution is -2.27. The summed E-state index contributed by atoms with van der Waals surface area (Å²) in [5.41, 5.74) is 0.516. The minimum atomic E-state index is 0.516. The van der Waals surface area contributed by atoms with Gasteiger partial charge in [-0.1, -0.05) is 59.8 Å². The monoisotopic (exact) mass is 168 g/mol. The molecule has 0 aliphatic heterocycles. The van der Waals surface area contributed by atoms with Gasteiger partial charge >= 0.3 is 0 Å². The molecular weight excluding hydrogens is 144 g/mol. The highest BCUT2D eigenvalue weighted by molar-refractivity contribution is 4.79. The van der Waals surface area contributed by atoms with Crippen LogP contribution in [0.5, 0.6) is 0 Å². The molecule has 0 aromatic carbocycles. The van der Waals surface area contributed by atoms with Crippen molar-refractivity contribution in [1.29, 1.82) is 0 Å². The SMILES string of the molecule is C[C@H](C1CCCCC1)C(C)(C)C. The van der Waals surface area contributed by atoms with E-state index >= 15 is 0 Å². The molecule has 72 valence electrons. The number of hydrogen-bond donors (Lipinski definition) is 0. The molecule has 0 spiro atoms. The molecule has 0 saturated heterocycles. The topological polar surface area (TPSA) is 0 Å². The standard InChI is InChI=1S/C12H24/c1-10(12(2,3)4)11-8-6-5-7-9-11/h10-11H,5-9H2,1-4H3/t10-/m1/s1. The van der Waals surface area contributed by atoms with Gasteiger partial charge in [-0.05, 0) is 17.3 Å². The lowest BCUT2D eigenvalue weighted by molar-refractivity contribution is 0.141. The van der Waals surface area contributed by atoms with Crippen LogP contribution in [-0.2, 0) is 0 Å². The summed E-state index contributed by atoms with van der Waals surface area (Å²) < 4.78 is 0. The Balaban J connectivity index is 2.45. The fraction of sp³-hybridized carbons (Fsp3) is 1.00. The summed E-state index contributed by atoms with van der Waals surface area (Å²) in [6, 6.07) is 0. The average Bonchev–Trinajstić information content (AvgIpc) is 2.03. The summed E-state index contributed by atoms with van der Waals surface area (Å²) in [5.74, 6) is 1.91. The van der Waals surface area contributed by atoms with Crippen molar-refractivity contribution in [2.75, 3.05) is 0 Å². The third kappa shape index (κ3) is 2.50. The van der Waals surface area contributed by atoms with Gasteiger partial charge < -0.3 is 0 Å². The fourth-order valence-electron chi connectivity index (χ4n) is 2.34. The molecule has 0 heteroatoms. The molecule has 1 rings (SSSR count). The van der Waals surface area contributed by atoms with E-state index in [1.807, 2.05) is 0 Å². The molecule has 0 aromatic rings. The van der Waals surface area contributed by atoms with E-state index < -0.39 is 0 Å². The maximum absolute atomic E-state index is 2.44. The summed E-state index contributed by atoms with van der Waals surface area (Å²) in [6.07, 6.45) is 7.40. The highest BCUT2D eigenvalue weighted by Gasteiger charge is 2.28. The van der Waals surface area contributed by atoms with Gasteiger partial charge in [0.1, 0.15) is 0 Å². The number of hydrogen-bond acceptors (Lipinski definition) is 0. The van der Waals surface area contributed by atoms with E-state index in [-0.39, 0.29) is 0 Å². The lowest BCUT2D eigenvalue weighted by atomic mass is 9.69. The van der Waals surface area contributed by atoms with Crippen molar-refractivity contribution in [3.05, 3.63) is 0 Å². The molecule has 0 heterocycles. The largest absolute Gasteiger partial charge is 0.0617 e. The molecule has 1 aliphatic rings. The Kier molecular flexibility index (Phi) is 3.20. The highest BCUT2D eigenvalue weighted by atomic mass is 14.3. The molecular formula is C12H24. The van der Waals surface area contributed by atoms with Gasteiger partial charge in [0.2, 0.25) is 0 Å². The van der Waals surface area contributed by atoms with Crippen molar-refractivity contribution in [3.8, 4) is 0 Å². The molecule has 1 atom stereocenters. The molecule has 1 aliphatic carbocycles. The molecule has 1 saturated carbocycles. The second kappa shape index (κ2) is 3.81. The van der Waals surface area contributed by atoms with Crippen molar-refractivity contribution in [2.24, 2.45) is 17.3 Å². The van der Waals surface area contributed by atoms with Gasteiger partial charge in [0.25, 0.3) is 0 Å². The van der Waals surface area contributed by atoms with Gasteiger partial charge in [-0.25, -0.2) is 0 Å². The predicted octanol–water partition coefficient (Wildman–Crippen LogP) is 4.25. The molecule has 0 N–H and O–H groups in total. The van der Waals surface area contributed by atoms with Crippen LogP contribution in [0.4, 0.5) is 0 Å². The smallest absolute Gasteiger partial charge is 0.0354 e. The first-order valence-electron chi connectivity index (χ1n) is 5.52. The summed E-state index contributed by atoms with van der Waals surface area (Å²) in [7, 11) is 0. The molecule has 0 aromatic heterocycles. The van der Waals surface area contributed by atoms with Crippen LogP contribution in [-0.4, -0.2) is 0 Å². The number of rotatable bonds is 1. The van der Waals surface area contributed by atoms with Crippen LogP contribution >= 0.6 is 0 Å². The van der Waals surface area contributed by atoms with Crippen LogP contribution in [0.15, 0.2) is 0 Å². The van der Waals surface area contributed by atoms with Gasteiger partial charge in [-0.3, -0.25) is 0 Å². The Bertz CT molecular complexity index is 123. The first-order valence-corrected chi connectivity index (χ1v) is 5.52. The molecule has 0 nitrogen and oxygen atoms in total. The van der Waals surface area contributed by atoms with Crippen molar-refractivity contribution < 1.29 is 0 Å². The summed E-state index contributed by atoms with van der Waals surface area (Å²) in [6.45, 7) is 9.58. The first-order chi connectivity index (χ1) is 5.52. The third-order valence-corrected chi connectivity index (χ3v) is 3.72. The van der Waals surface area contributed by atoms with Crippen LogP contribution in [0.25, 0.3) is 0 Å². The highest BCUT2D eigenvalue weighted by Crippen LogP contribution is 2.39. The minimum absolute atomic E-state index is 0.516. The van der Waals surface area contributed by atoms with Crippen LogP contribution in [0.3, 0.4) is 0 Å². The zero-order valence-electron chi connectivity index (χ0n) is 9.19. The molecule has 0 unspecified atom stereocenters. The molecule has 0 amide bonds. The van der Waals surface area contributed by atoms with E-state index in [0.29, 0.717) is 5.41 Å². The Morgan fingerprint density at radius 2 is 1.50 bits per heavy atom. The van der Waals surface area contributed by atoms with Gasteiger partial charge in [0.05, 0.1) is 0 Å². The van der Waals surface area contributed by atoms with E-state index in [2.05, 4.69) is 27.7 Å². The first kappa shape index (κ1) is 10.1. The van der Waals surface area contributed by atoms with Crippen molar-refractivity contribution >= 4 is 0 Å². The van der Waals surface area contributed by atoms with E-state index in [1.165, 1.54) is 32.1 Å². The van der Waals surface area contributed by atoms with Crippen molar-refractivity contribution in [3.63, 3.8) is 0 Å². The second-order valence-corrected chi connectivity index (χ2v) is 5.55. The van der Waals surface area contributed by atoms with Gasteiger partial charge in [0.15, 0.2) is 0 Å². The molecule has 0 radical (unpaired) electrons. The minimum Gasteiger partial charge on any atom is -0.0617 e. The Labute approximate surface area is 77.7 Å². The molecule has 1 fully saturated rings. The quantitative estimate of drug-likeness (QED) is 0.549. The Hall–Kier alpha value is 0. The zero-order chi connectivity index (χ0) is 9.19. The third-order valence-electron chi connectivity index (χ3n) is 3.72. The maximum Gasteiger partial charge on any atom is -0.0354 e. The zero-order valence-corrected chi connectivity index (χ0v) is 9.19. The Morgan fingerprint density at radius 3 is 1.92 bits per heavy atom. The fourth-order valence-corrected chi connectivity index (χ4v) is 2.34. The van der Waals surface area contributed by atoms with E-state index in [1.54, 1.807) is 0 Å². The lowest BCUT2D eigenvalue weighted by Gasteiger charge is -2.36. The van der Waals surface area contributed by atoms with Gasteiger partial charge in [0, 0.05) is 0 Å². The Morgan fingerprint density at radius 1 is 1.00 bits per heavy atom. The normalized spacial score (nSPS) is 24.0. The van der Waals surface area contributed by atoms with Gasteiger partial charge in [-0.2, -0.15) is 0 Å². The summed E-state index contributed by atoms with van der Waals surface area (Å²) in [5, 5.41) is 0. The molecule has 12 heavy (non-hydrogen) atoms. The summed E-state index contributed by atoms with van der Waals surface area (Å²) in [4.78, 5) is 0. The van der Waals surface area contributed by atoms with Crippen LogP contribution in [0, 0.1) is 17.3 Å². The molecule has 0 bridgehead atoms. The van der Waals surface area contributed by atoms with Crippen LogP contribution in [0.2, 0.25) is 0 Å². The van der Waals surface area contributed by atoms with E-state index in [0.717, 1.165) is 11.8 Å². The predicted molar refractivity (Wildman–Crippen MR) is 55.2 cm³/mol. The van der Waals surface area contributed by atoms with Crippen molar-refractivity contribution in [1.82, 2.24) is 0 Å².